The second-order valence-corrected chi connectivity index (χ2v) is 2.80. The van der Waals surface area contributed by atoms with E-state index in [1.807, 2.05) is 6.07 Å². The molecule has 0 nitrogen and oxygen atoms in total. The fraction of sp³-hybridized carbons (Fsp3) is 0.273. The van der Waals surface area contributed by atoms with E-state index in [1.54, 1.807) is 6.08 Å². The summed E-state index contributed by atoms with van der Waals surface area (Å²) in [5, 5.41) is 0. The van der Waals surface area contributed by atoms with E-state index < -0.39 is 0 Å². The minimum atomic E-state index is -0.190. The Labute approximate surface area is 72.7 Å². The second-order valence-electron chi connectivity index (χ2n) is 2.80. The van der Waals surface area contributed by atoms with Gasteiger partial charge in [-0.3, -0.25) is 0 Å². The zero-order valence-electron chi connectivity index (χ0n) is 7.31. The molecule has 0 unspecified atom stereocenters. The molecule has 0 atom stereocenters. The summed E-state index contributed by atoms with van der Waals surface area (Å²) in [4.78, 5) is 0. The van der Waals surface area contributed by atoms with Gasteiger partial charge in [-0.15, -0.1) is 0 Å². The van der Waals surface area contributed by atoms with Crippen LogP contribution in [0.2, 0.25) is 0 Å². The first-order valence-electron chi connectivity index (χ1n) is 4.18. The summed E-state index contributed by atoms with van der Waals surface area (Å²) in [6.07, 6.45) is 3.77. The van der Waals surface area contributed by atoms with Crippen molar-refractivity contribution in [1.82, 2.24) is 0 Å². The maximum absolute atomic E-state index is 12.7. The number of hydrogen-bond acceptors (Lipinski definition) is 0. The number of aryl methyl sites for hydroxylation is 1. The third-order valence-corrected chi connectivity index (χ3v) is 1.85. The van der Waals surface area contributed by atoms with Gasteiger partial charge in [-0.25, -0.2) is 4.39 Å². The Morgan fingerprint density at radius 3 is 2.83 bits per heavy atom. The van der Waals surface area contributed by atoms with Crippen molar-refractivity contribution in [3.63, 3.8) is 0 Å². The molecule has 0 saturated carbocycles. The molecule has 1 heteroatoms. The number of hydrogen-bond donors (Lipinski definition) is 0. The Kier molecular flexibility index (Phi) is 3.03. The van der Waals surface area contributed by atoms with Gasteiger partial charge in [0.2, 0.25) is 0 Å². The van der Waals surface area contributed by atoms with Crippen molar-refractivity contribution in [2.45, 2.75) is 19.8 Å². The third-order valence-electron chi connectivity index (χ3n) is 1.85. The van der Waals surface area contributed by atoms with E-state index in [2.05, 4.69) is 13.5 Å². The summed E-state index contributed by atoms with van der Waals surface area (Å²) >= 11 is 0. The third kappa shape index (κ3) is 1.94. The Balaban J connectivity index is 3.02. The van der Waals surface area contributed by atoms with E-state index in [9.17, 15) is 4.39 Å². The summed E-state index contributed by atoms with van der Waals surface area (Å²) in [6.45, 7) is 5.76. The van der Waals surface area contributed by atoms with Gasteiger partial charge in [-0.1, -0.05) is 32.1 Å². The number of halogens is 1. The molecule has 1 aromatic carbocycles. The van der Waals surface area contributed by atoms with E-state index in [1.165, 1.54) is 17.7 Å². The van der Waals surface area contributed by atoms with Gasteiger partial charge in [-0.05, 0) is 29.7 Å². The lowest BCUT2D eigenvalue weighted by atomic mass is 10.0. The molecular formula is C11H13F. The zero-order valence-corrected chi connectivity index (χ0v) is 7.31. The Morgan fingerprint density at radius 1 is 1.50 bits per heavy atom. The van der Waals surface area contributed by atoms with Crippen molar-refractivity contribution >= 4 is 6.08 Å². The topological polar surface area (TPSA) is 0 Å². The van der Waals surface area contributed by atoms with Crippen LogP contribution in [0.3, 0.4) is 0 Å². The lowest BCUT2D eigenvalue weighted by molar-refractivity contribution is 0.626. The SMILES string of the molecule is C=Cc1cc(F)ccc1CCC. The monoisotopic (exact) mass is 164 g/mol. The standard InChI is InChI=1S/C11H13F/c1-3-5-10-6-7-11(12)8-9(10)4-2/h4,6-8H,2-3,5H2,1H3. The van der Waals surface area contributed by atoms with Gasteiger partial charge in [0.15, 0.2) is 0 Å². The van der Waals surface area contributed by atoms with Crippen LogP contribution in [0.15, 0.2) is 24.8 Å². The van der Waals surface area contributed by atoms with Gasteiger partial charge in [0.25, 0.3) is 0 Å². The van der Waals surface area contributed by atoms with Crippen molar-refractivity contribution in [2.75, 3.05) is 0 Å². The zero-order chi connectivity index (χ0) is 8.97. The first kappa shape index (κ1) is 8.98. The molecule has 1 aromatic rings. The van der Waals surface area contributed by atoms with Crippen molar-refractivity contribution in [3.05, 3.63) is 41.7 Å². The molecule has 0 saturated heterocycles. The van der Waals surface area contributed by atoms with Crippen LogP contribution < -0.4 is 0 Å². The van der Waals surface area contributed by atoms with Crippen LogP contribution in [0.1, 0.15) is 24.5 Å². The molecule has 12 heavy (non-hydrogen) atoms. The molecule has 0 bridgehead atoms. The van der Waals surface area contributed by atoms with Crippen molar-refractivity contribution in [1.29, 1.82) is 0 Å². The molecule has 0 N–H and O–H groups in total. The normalized spacial score (nSPS) is 9.83. The fourth-order valence-electron chi connectivity index (χ4n) is 1.25. The molecule has 0 aromatic heterocycles. The molecule has 0 heterocycles. The van der Waals surface area contributed by atoms with Gasteiger partial charge in [0, 0.05) is 0 Å². The summed E-state index contributed by atoms with van der Waals surface area (Å²) in [6, 6.07) is 4.85. The Bertz CT molecular complexity index is 276. The van der Waals surface area contributed by atoms with Crippen LogP contribution in [0.5, 0.6) is 0 Å². The van der Waals surface area contributed by atoms with Crippen molar-refractivity contribution in [3.8, 4) is 0 Å². The van der Waals surface area contributed by atoms with Crippen LogP contribution in [-0.4, -0.2) is 0 Å². The minimum absolute atomic E-state index is 0.190. The van der Waals surface area contributed by atoms with E-state index in [-0.39, 0.29) is 5.82 Å². The van der Waals surface area contributed by atoms with Crippen molar-refractivity contribution < 1.29 is 4.39 Å². The molecule has 0 radical (unpaired) electrons. The number of rotatable bonds is 3. The van der Waals surface area contributed by atoms with E-state index in [0.717, 1.165) is 18.4 Å². The largest absolute Gasteiger partial charge is 0.207 e. The predicted octanol–water partition coefficient (Wildman–Crippen LogP) is 3.42. The molecule has 0 aliphatic carbocycles. The Hall–Kier alpha value is -1.11. The van der Waals surface area contributed by atoms with Crippen LogP contribution in [-0.2, 0) is 6.42 Å². The average molecular weight is 164 g/mol. The molecule has 64 valence electrons. The maximum Gasteiger partial charge on any atom is 0.123 e. The summed E-state index contributed by atoms with van der Waals surface area (Å²) in [7, 11) is 0. The fourth-order valence-corrected chi connectivity index (χ4v) is 1.25. The quantitative estimate of drug-likeness (QED) is 0.642. The van der Waals surface area contributed by atoms with Crippen LogP contribution in [0.25, 0.3) is 6.08 Å². The predicted molar refractivity (Wildman–Crippen MR) is 50.5 cm³/mol. The Morgan fingerprint density at radius 2 is 2.25 bits per heavy atom. The molecule has 0 aliphatic heterocycles. The molecule has 0 amide bonds. The molecule has 0 aliphatic rings. The van der Waals surface area contributed by atoms with Crippen LogP contribution in [0, 0.1) is 5.82 Å². The smallest absolute Gasteiger partial charge is 0.123 e. The van der Waals surface area contributed by atoms with Crippen molar-refractivity contribution in [2.24, 2.45) is 0 Å². The summed E-state index contributed by atoms with van der Waals surface area (Å²) in [5.41, 5.74) is 2.09. The van der Waals surface area contributed by atoms with Gasteiger partial charge < -0.3 is 0 Å². The highest BCUT2D eigenvalue weighted by Crippen LogP contribution is 2.14. The highest BCUT2D eigenvalue weighted by molar-refractivity contribution is 5.51. The molecule has 0 spiro atoms. The lowest BCUT2D eigenvalue weighted by Gasteiger charge is -2.03. The molecular weight excluding hydrogens is 151 g/mol. The van der Waals surface area contributed by atoms with Gasteiger partial charge >= 0.3 is 0 Å². The van der Waals surface area contributed by atoms with E-state index >= 15 is 0 Å². The average Bonchev–Trinajstić information content (AvgIpc) is 2.08. The van der Waals surface area contributed by atoms with E-state index in [0.29, 0.717) is 0 Å². The first-order valence-corrected chi connectivity index (χ1v) is 4.18. The molecule has 1 rings (SSSR count). The van der Waals surface area contributed by atoms with Crippen LogP contribution in [0.4, 0.5) is 4.39 Å². The number of benzene rings is 1. The second kappa shape index (κ2) is 4.05. The highest BCUT2D eigenvalue weighted by Gasteiger charge is 1.99. The summed E-state index contributed by atoms with van der Waals surface area (Å²) in [5.74, 6) is -0.190. The first-order chi connectivity index (χ1) is 5.77. The van der Waals surface area contributed by atoms with Gasteiger partial charge in [-0.2, -0.15) is 0 Å². The van der Waals surface area contributed by atoms with E-state index in [4.69, 9.17) is 0 Å². The minimum Gasteiger partial charge on any atom is -0.207 e. The summed E-state index contributed by atoms with van der Waals surface area (Å²) < 4.78 is 12.7. The highest BCUT2D eigenvalue weighted by atomic mass is 19.1. The van der Waals surface area contributed by atoms with Gasteiger partial charge in [0.1, 0.15) is 5.82 Å². The maximum atomic E-state index is 12.7. The molecule has 0 fully saturated rings. The lowest BCUT2D eigenvalue weighted by Crippen LogP contribution is -1.89. The van der Waals surface area contributed by atoms with Crippen LogP contribution >= 0.6 is 0 Å². The van der Waals surface area contributed by atoms with Gasteiger partial charge in [0.05, 0.1) is 0 Å².